The first-order valence-electron chi connectivity index (χ1n) is 6.03. The predicted octanol–water partition coefficient (Wildman–Crippen LogP) is 3.73. The lowest BCUT2D eigenvalue weighted by Crippen LogP contribution is -2.13. The third-order valence-electron chi connectivity index (χ3n) is 3.01. The second-order valence-corrected chi connectivity index (χ2v) is 6.09. The molecular weight excluding hydrogens is 387 g/mol. The number of nitrogens with one attached hydrogen (secondary N) is 1. The van der Waals surface area contributed by atoms with E-state index < -0.39 is 0 Å². The van der Waals surface area contributed by atoms with E-state index in [1.54, 1.807) is 0 Å². The van der Waals surface area contributed by atoms with Crippen LogP contribution in [0.4, 0.5) is 5.69 Å². The van der Waals surface area contributed by atoms with Gasteiger partial charge in [-0.1, -0.05) is 23.7 Å². The highest BCUT2D eigenvalue weighted by Crippen LogP contribution is 2.25. The molecule has 0 aromatic heterocycles. The van der Waals surface area contributed by atoms with Crippen molar-refractivity contribution in [3.05, 3.63) is 62.2 Å². The first-order valence-corrected chi connectivity index (χ1v) is 7.49. The van der Waals surface area contributed by atoms with Crippen LogP contribution in [0.25, 0.3) is 0 Å². The van der Waals surface area contributed by atoms with Crippen molar-refractivity contribution in [2.24, 2.45) is 4.99 Å². The molecule has 5 heteroatoms. The molecule has 1 aliphatic heterocycles. The maximum absolute atomic E-state index is 11.7. The van der Waals surface area contributed by atoms with Crippen LogP contribution in [-0.4, -0.2) is 18.2 Å². The molecule has 0 spiro atoms. The summed E-state index contributed by atoms with van der Waals surface area (Å²) in [5.41, 5.74) is 3.49. The average molecular weight is 397 g/mol. The van der Waals surface area contributed by atoms with Crippen molar-refractivity contribution in [1.29, 1.82) is 0 Å². The summed E-state index contributed by atoms with van der Waals surface area (Å²) in [5, 5.41) is 3.56. The summed E-state index contributed by atoms with van der Waals surface area (Å²) in [7, 11) is 0. The summed E-state index contributed by atoms with van der Waals surface area (Å²) in [6.07, 6.45) is 0. The number of carbonyl (C=O) groups is 1. The number of rotatable bonds is 1. The lowest BCUT2D eigenvalue weighted by Gasteiger charge is -2.10. The van der Waals surface area contributed by atoms with Gasteiger partial charge in [0.15, 0.2) is 0 Å². The van der Waals surface area contributed by atoms with Crippen LogP contribution in [-0.2, 0) is 4.79 Å². The van der Waals surface area contributed by atoms with E-state index >= 15 is 0 Å². The minimum absolute atomic E-state index is 0.101. The van der Waals surface area contributed by atoms with E-state index in [0.717, 1.165) is 26.1 Å². The SMILES string of the molecule is O=C1CN=C(c2ccc(Cl)cc2)c2cc(I)ccc2N1. The highest BCUT2D eigenvalue weighted by molar-refractivity contribution is 14.1. The molecule has 2 aromatic rings. The van der Waals surface area contributed by atoms with Gasteiger partial charge < -0.3 is 5.32 Å². The van der Waals surface area contributed by atoms with Crippen molar-refractivity contribution >= 4 is 51.5 Å². The molecule has 1 N–H and O–H groups in total. The number of nitrogens with zero attached hydrogens (tertiary/aromatic N) is 1. The second-order valence-electron chi connectivity index (χ2n) is 4.41. The van der Waals surface area contributed by atoms with Crippen LogP contribution in [0.5, 0.6) is 0 Å². The van der Waals surface area contributed by atoms with Crippen molar-refractivity contribution < 1.29 is 4.79 Å². The standard InChI is InChI=1S/C15H10ClIN2O/c16-10-3-1-9(2-4-10)15-12-7-11(17)5-6-13(12)19-14(20)8-18-15/h1-7H,8H2,(H,19,20). The minimum Gasteiger partial charge on any atom is -0.324 e. The number of benzodiazepines with no additional fused rings is 1. The van der Waals surface area contributed by atoms with Gasteiger partial charge in [0.2, 0.25) is 5.91 Å². The molecule has 0 radical (unpaired) electrons. The van der Waals surface area contributed by atoms with E-state index in [2.05, 4.69) is 32.9 Å². The smallest absolute Gasteiger partial charge is 0.246 e. The van der Waals surface area contributed by atoms with Gasteiger partial charge in [0.05, 0.1) is 11.4 Å². The molecule has 20 heavy (non-hydrogen) atoms. The quantitative estimate of drug-likeness (QED) is 0.733. The largest absolute Gasteiger partial charge is 0.324 e. The molecule has 1 amide bonds. The Balaban J connectivity index is 2.17. The summed E-state index contributed by atoms with van der Waals surface area (Å²) in [5.74, 6) is -0.101. The van der Waals surface area contributed by atoms with Crippen LogP contribution >= 0.6 is 34.2 Å². The van der Waals surface area contributed by atoms with E-state index in [1.165, 1.54) is 0 Å². The van der Waals surface area contributed by atoms with Crippen molar-refractivity contribution in [2.75, 3.05) is 11.9 Å². The number of carbonyl (C=O) groups excluding carboxylic acids is 1. The molecule has 0 fully saturated rings. The Morgan fingerprint density at radius 3 is 2.65 bits per heavy atom. The predicted molar refractivity (Wildman–Crippen MR) is 89.7 cm³/mol. The third kappa shape index (κ3) is 2.71. The molecule has 0 aliphatic carbocycles. The number of benzene rings is 2. The summed E-state index contributed by atoms with van der Waals surface area (Å²) in [4.78, 5) is 16.2. The summed E-state index contributed by atoms with van der Waals surface area (Å²) in [6.45, 7) is 0.128. The van der Waals surface area contributed by atoms with Gasteiger partial charge >= 0.3 is 0 Å². The third-order valence-corrected chi connectivity index (χ3v) is 3.93. The lowest BCUT2D eigenvalue weighted by atomic mass is 10.0. The lowest BCUT2D eigenvalue weighted by molar-refractivity contribution is -0.114. The molecule has 0 bridgehead atoms. The Bertz CT molecular complexity index is 710. The number of fused-ring (bicyclic) bond motifs is 1. The molecule has 2 aromatic carbocycles. The fraction of sp³-hybridized carbons (Fsp3) is 0.0667. The fourth-order valence-electron chi connectivity index (χ4n) is 2.10. The summed E-state index contributed by atoms with van der Waals surface area (Å²) >= 11 is 8.17. The molecule has 0 saturated carbocycles. The normalized spacial score (nSPS) is 14.1. The van der Waals surface area contributed by atoms with Crippen LogP contribution < -0.4 is 5.32 Å². The van der Waals surface area contributed by atoms with Gasteiger partial charge in [0.1, 0.15) is 6.54 Å². The summed E-state index contributed by atoms with van der Waals surface area (Å²) in [6, 6.07) is 13.4. The van der Waals surface area contributed by atoms with Gasteiger partial charge in [-0.2, -0.15) is 0 Å². The average Bonchev–Trinajstić information content (AvgIpc) is 2.58. The molecule has 1 aliphatic rings. The first kappa shape index (κ1) is 13.6. The highest BCUT2D eigenvalue weighted by atomic mass is 127. The van der Waals surface area contributed by atoms with E-state index in [1.807, 2.05) is 42.5 Å². The van der Waals surface area contributed by atoms with Crippen LogP contribution in [0, 0.1) is 3.57 Å². The van der Waals surface area contributed by atoms with Crippen LogP contribution in [0.3, 0.4) is 0 Å². The maximum Gasteiger partial charge on any atom is 0.246 e. The number of halogens is 2. The van der Waals surface area contributed by atoms with Crippen LogP contribution in [0.15, 0.2) is 47.5 Å². The number of hydrogen-bond acceptors (Lipinski definition) is 2. The molecule has 3 nitrogen and oxygen atoms in total. The fourth-order valence-corrected chi connectivity index (χ4v) is 2.72. The second kappa shape index (κ2) is 5.54. The zero-order chi connectivity index (χ0) is 14.1. The molecular formula is C15H10ClIN2O. The van der Waals surface area contributed by atoms with E-state index in [9.17, 15) is 4.79 Å². The van der Waals surface area contributed by atoms with Crippen molar-refractivity contribution in [1.82, 2.24) is 0 Å². The van der Waals surface area contributed by atoms with Crippen LogP contribution in [0.1, 0.15) is 11.1 Å². The molecule has 0 atom stereocenters. The van der Waals surface area contributed by atoms with Gasteiger partial charge in [-0.05, 0) is 52.9 Å². The molecule has 1 heterocycles. The van der Waals surface area contributed by atoms with Gasteiger partial charge in [0.25, 0.3) is 0 Å². The van der Waals surface area contributed by atoms with Crippen LogP contribution in [0.2, 0.25) is 5.02 Å². The monoisotopic (exact) mass is 396 g/mol. The Morgan fingerprint density at radius 1 is 1.15 bits per heavy atom. The maximum atomic E-state index is 11.7. The first-order chi connectivity index (χ1) is 9.63. The Hall–Kier alpha value is -1.40. The van der Waals surface area contributed by atoms with Crippen molar-refractivity contribution in [2.45, 2.75) is 0 Å². The zero-order valence-corrected chi connectivity index (χ0v) is 13.3. The zero-order valence-electron chi connectivity index (χ0n) is 10.4. The summed E-state index contributed by atoms with van der Waals surface area (Å²) < 4.78 is 1.10. The highest BCUT2D eigenvalue weighted by Gasteiger charge is 2.18. The Kier molecular flexibility index (Phi) is 3.76. The number of aliphatic imine (C=N–C) groups is 1. The molecule has 100 valence electrons. The molecule has 0 saturated heterocycles. The van der Waals surface area contributed by atoms with Crippen molar-refractivity contribution in [3.8, 4) is 0 Å². The van der Waals surface area contributed by atoms with Gasteiger partial charge in [-0.25, -0.2) is 0 Å². The topological polar surface area (TPSA) is 41.5 Å². The van der Waals surface area contributed by atoms with Gasteiger partial charge in [0, 0.05) is 19.7 Å². The van der Waals surface area contributed by atoms with E-state index in [0.29, 0.717) is 5.02 Å². The van der Waals surface area contributed by atoms with E-state index in [4.69, 9.17) is 11.6 Å². The number of hydrogen-bond donors (Lipinski definition) is 1. The van der Waals surface area contributed by atoms with Gasteiger partial charge in [-0.3, -0.25) is 9.79 Å². The number of anilines is 1. The minimum atomic E-state index is -0.101. The van der Waals surface area contributed by atoms with E-state index in [-0.39, 0.29) is 12.5 Å². The van der Waals surface area contributed by atoms with Crippen molar-refractivity contribution in [3.63, 3.8) is 0 Å². The van der Waals surface area contributed by atoms with Gasteiger partial charge in [-0.15, -0.1) is 0 Å². The molecule has 3 rings (SSSR count). The Morgan fingerprint density at radius 2 is 1.90 bits per heavy atom. The number of amides is 1. The molecule has 0 unspecified atom stereocenters. The Labute approximate surface area is 135 Å².